The van der Waals surface area contributed by atoms with Gasteiger partial charge < -0.3 is 9.47 Å². The SMILES string of the molecule is CCCC/C=C/[C@H]1O[C@H]1COCc1ccccc1. The van der Waals surface area contributed by atoms with Crippen LogP contribution in [0, 0.1) is 0 Å². The Balaban J connectivity index is 1.55. The van der Waals surface area contributed by atoms with Crippen molar-refractivity contribution in [2.45, 2.75) is 45.0 Å². The minimum absolute atomic E-state index is 0.270. The molecule has 0 spiro atoms. The normalized spacial score (nSPS) is 22.5. The van der Waals surface area contributed by atoms with Gasteiger partial charge in [0.2, 0.25) is 0 Å². The minimum atomic E-state index is 0.270. The molecule has 1 aliphatic heterocycles. The van der Waals surface area contributed by atoms with E-state index in [0.29, 0.717) is 13.2 Å². The number of hydrogen-bond acceptors (Lipinski definition) is 2. The van der Waals surface area contributed by atoms with E-state index in [0.717, 1.165) is 6.42 Å². The Morgan fingerprint density at radius 3 is 2.89 bits per heavy atom. The molecule has 1 aromatic rings. The van der Waals surface area contributed by atoms with E-state index in [1.165, 1.54) is 18.4 Å². The first-order valence-electron chi connectivity index (χ1n) is 6.84. The third-order valence-electron chi connectivity index (χ3n) is 3.07. The predicted molar refractivity (Wildman–Crippen MR) is 73.4 cm³/mol. The zero-order chi connectivity index (χ0) is 12.6. The summed E-state index contributed by atoms with van der Waals surface area (Å²) in [6.07, 6.45) is 8.63. The summed E-state index contributed by atoms with van der Waals surface area (Å²) < 4.78 is 11.2. The topological polar surface area (TPSA) is 21.8 Å². The second-order valence-corrected chi connectivity index (χ2v) is 4.71. The Labute approximate surface area is 110 Å². The maximum Gasteiger partial charge on any atom is 0.111 e. The first-order valence-corrected chi connectivity index (χ1v) is 6.84. The molecule has 1 aliphatic rings. The van der Waals surface area contributed by atoms with Crippen molar-refractivity contribution in [1.29, 1.82) is 0 Å². The zero-order valence-electron chi connectivity index (χ0n) is 11.0. The van der Waals surface area contributed by atoms with Gasteiger partial charge in [0.15, 0.2) is 0 Å². The number of epoxide rings is 1. The van der Waals surface area contributed by atoms with E-state index in [-0.39, 0.29) is 12.2 Å². The number of allylic oxidation sites excluding steroid dienone is 1. The molecule has 1 fully saturated rings. The highest BCUT2D eigenvalue weighted by atomic mass is 16.6. The lowest BCUT2D eigenvalue weighted by Crippen LogP contribution is -2.03. The molecule has 0 N–H and O–H groups in total. The Morgan fingerprint density at radius 2 is 2.11 bits per heavy atom. The van der Waals surface area contributed by atoms with Crippen LogP contribution in [0.5, 0.6) is 0 Å². The van der Waals surface area contributed by atoms with Crippen LogP contribution in [0.3, 0.4) is 0 Å². The van der Waals surface area contributed by atoms with Crippen molar-refractivity contribution in [3.63, 3.8) is 0 Å². The van der Waals surface area contributed by atoms with Gasteiger partial charge in [-0.05, 0) is 12.0 Å². The molecule has 0 radical (unpaired) electrons. The molecule has 1 heterocycles. The number of benzene rings is 1. The fraction of sp³-hybridized carbons (Fsp3) is 0.500. The van der Waals surface area contributed by atoms with Crippen LogP contribution in [0.4, 0.5) is 0 Å². The second kappa shape index (κ2) is 7.34. The quantitative estimate of drug-likeness (QED) is 0.396. The van der Waals surface area contributed by atoms with Gasteiger partial charge in [0.25, 0.3) is 0 Å². The minimum Gasteiger partial charge on any atom is -0.374 e. The third kappa shape index (κ3) is 4.63. The van der Waals surface area contributed by atoms with Crippen molar-refractivity contribution >= 4 is 0 Å². The zero-order valence-corrected chi connectivity index (χ0v) is 11.0. The van der Waals surface area contributed by atoms with Gasteiger partial charge in [-0.15, -0.1) is 0 Å². The molecular weight excluding hydrogens is 224 g/mol. The van der Waals surface area contributed by atoms with Crippen molar-refractivity contribution in [3.8, 4) is 0 Å². The van der Waals surface area contributed by atoms with Crippen LogP contribution in [0.15, 0.2) is 42.5 Å². The Kier molecular flexibility index (Phi) is 5.43. The summed E-state index contributed by atoms with van der Waals surface area (Å²) in [5.41, 5.74) is 1.22. The maximum absolute atomic E-state index is 5.64. The van der Waals surface area contributed by atoms with Crippen LogP contribution in [0.25, 0.3) is 0 Å². The second-order valence-electron chi connectivity index (χ2n) is 4.71. The molecule has 1 aromatic carbocycles. The molecule has 0 aromatic heterocycles. The van der Waals surface area contributed by atoms with Gasteiger partial charge in [0.05, 0.1) is 13.2 Å². The van der Waals surface area contributed by atoms with E-state index < -0.39 is 0 Å². The Hall–Kier alpha value is -1.12. The fourth-order valence-corrected chi connectivity index (χ4v) is 1.88. The maximum atomic E-state index is 5.64. The van der Waals surface area contributed by atoms with Crippen LogP contribution >= 0.6 is 0 Å². The molecule has 2 heteroatoms. The van der Waals surface area contributed by atoms with Gasteiger partial charge in [-0.25, -0.2) is 0 Å². The fourth-order valence-electron chi connectivity index (χ4n) is 1.88. The van der Waals surface area contributed by atoms with Crippen LogP contribution in [0.2, 0.25) is 0 Å². The molecule has 2 atom stereocenters. The van der Waals surface area contributed by atoms with Gasteiger partial charge in [0.1, 0.15) is 12.2 Å². The lowest BCUT2D eigenvalue weighted by atomic mass is 10.2. The van der Waals surface area contributed by atoms with E-state index in [1.807, 2.05) is 18.2 Å². The average Bonchev–Trinajstić information content (AvgIpc) is 3.15. The largest absolute Gasteiger partial charge is 0.374 e. The molecular formula is C16H22O2. The molecule has 0 aliphatic carbocycles. The average molecular weight is 246 g/mol. The van der Waals surface area contributed by atoms with Crippen molar-refractivity contribution < 1.29 is 9.47 Å². The summed E-state index contributed by atoms with van der Waals surface area (Å²) in [4.78, 5) is 0. The molecule has 98 valence electrons. The first kappa shape index (κ1) is 13.3. The number of hydrogen-bond donors (Lipinski definition) is 0. The lowest BCUT2D eigenvalue weighted by Gasteiger charge is -2.01. The van der Waals surface area contributed by atoms with E-state index in [4.69, 9.17) is 9.47 Å². The molecule has 18 heavy (non-hydrogen) atoms. The summed E-state index contributed by atoms with van der Waals surface area (Å²) >= 11 is 0. The van der Waals surface area contributed by atoms with E-state index in [2.05, 4.69) is 31.2 Å². The van der Waals surface area contributed by atoms with Crippen molar-refractivity contribution in [1.82, 2.24) is 0 Å². The molecule has 2 rings (SSSR count). The smallest absolute Gasteiger partial charge is 0.111 e. The number of unbranched alkanes of at least 4 members (excludes halogenated alkanes) is 2. The van der Waals surface area contributed by atoms with Crippen LogP contribution in [-0.2, 0) is 16.1 Å². The van der Waals surface area contributed by atoms with Crippen LogP contribution in [0.1, 0.15) is 31.7 Å². The predicted octanol–water partition coefficient (Wildman–Crippen LogP) is 3.72. The lowest BCUT2D eigenvalue weighted by molar-refractivity contribution is 0.104. The van der Waals surface area contributed by atoms with Gasteiger partial charge in [-0.3, -0.25) is 0 Å². The summed E-state index contributed by atoms with van der Waals surface area (Å²) in [7, 11) is 0. The van der Waals surface area contributed by atoms with Crippen molar-refractivity contribution in [2.24, 2.45) is 0 Å². The third-order valence-corrected chi connectivity index (χ3v) is 3.07. The number of ether oxygens (including phenoxy) is 2. The van der Waals surface area contributed by atoms with Gasteiger partial charge >= 0.3 is 0 Å². The van der Waals surface area contributed by atoms with Crippen molar-refractivity contribution in [2.75, 3.05) is 6.61 Å². The van der Waals surface area contributed by atoms with Gasteiger partial charge in [-0.2, -0.15) is 0 Å². The van der Waals surface area contributed by atoms with Gasteiger partial charge in [0, 0.05) is 0 Å². The molecule has 0 unspecified atom stereocenters. The molecule has 0 amide bonds. The highest BCUT2D eigenvalue weighted by Crippen LogP contribution is 2.24. The van der Waals surface area contributed by atoms with Crippen LogP contribution < -0.4 is 0 Å². The molecule has 0 bridgehead atoms. The Bertz CT molecular complexity index is 359. The molecule has 0 saturated carbocycles. The Morgan fingerprint density at radius 1 is 1.28 bits per heavy atom. The molecule has 2 nitrogen and oxygen atoms in total. The molecule has 1 saturated heterocycles. The summed E-state index contributed by atoms with van der Waals surface area (Å²) in [6.45, 7) is 3.58. The van der Waals surface area contributed by atoms with E-state index in [9.17, 15) is 0 Å². The first-order chi connectivity index (χ1) is 8.90. The van der Waals surface area contributed by atoms with Crippen molar-refractivity contribution in [3.05, 3.63) is 48.0 Å². The highest BCUT2D eigenvalue weighted by Gasteiger charge is 2.36. The highest BCUT2D eigenvalue weighted by molar-refractivity contribution is 5.13. The van der Waals surface area contributed by atoms with E-state index >= 15 is 0 Å². The monoisotopic (exact) mass is 246 g/mol. The summed E-state index contributed by atoms with van der Waals surface area (Å²) in [5, 5.41) is 0. The summed E-state index contributed by atoms with van der Waals surface area (Å²) in [6, 6.07) is 10.2. The standard InChI is InChI=1S/C16H22O2/c1-2-3-4-8-11-15-16(18-15)13-17-12-14-9-6-5-7-10-14/h5-11,15-16H,2-4,12-13H2,1H3/b11-8+/t15-,16+/m1/s1. The van der Waals surface area contributed by atoms with E-state index in [1.54, 1.807) is 0 Å². The number of rotatable bonds is 8. The van der Waals surface area contributed by atoms with Crippen LogP contribution in [-0.4, -0.2) is 18.8 Å². The van der Waals surface area contributed by atoms with Gasteiger partial charge in [-0.1, -0.05) is 62.2 Å². The summed E-state index contributed by atoms with van der Waals surface area (Å²) in [5.74, 6) is 0.